The Morgan fingerprint density at radius 1 is 0.800 bits per heavy atom. The van der Waals surface area contributed by atoms with E-state index in [1.54, 1.807) is 26.4 Å². The SMILES string of the molecule is COc1ccc(C(NC2=N[C@](C)(c3cc(Nc4ccccc4OC(F)F)ccc3F)[C@@H](F)CO2)(c2ccccc2)c2ccc(OC)cc2)cc1. The van der Waals surface area contributed by atoms with E-state index in [-0.39, 0.29) is 23.0 Å². The monoisotopic (exact) mass is 685 g/mol. The van der Waals surface area contributed by atoms with Gasteiger partial charge in [-0.1, -0.05) is 66.7 Å². The van der Waals surface area contributed by atoms with E-state index in [9.17, 15) is 8.78 Å². The molecule has 258 valence electrons. The van der Waals surface area contributed by atoms with E-state index in [1.807, 2.05) is 78.9 Å². The largest absolute Gasteiger partial charge is 0.497 e. The fraction of sp³-hybridized carbons (Fsp3) is 0.205. The molecule has 0 saturated heterocycles. The maximum Gasteiger partial charge on any atom is 0.387 e. The maximum atomic E-state index is 16.0. The van der Waals surface area contributed by atoms with Gasteiger partial charge in [0.2, 0.25) is 0 Å². The quantitative estimate of drug-likeness (QED) is 0.107. The van der Waals surface area contributed by atoms with Crippen molar-refractivity contribution in [3.05, 3.63) is 149 Å². The Morgan fingerprint density at radius 3 is 1.98 bits per heavy atom. The number of para-hydroxylation sites is 2. The molecule has 0 bridgehead atoms. The molecular weight excluding hydrogens is 650 g/mol. The summed E-state index contributed by atoms with van der Waals surface area (Å²) in [6, 6.07) is 34.7. The molecule has 0 unspecified atom stereocenters. The Morgan fingerprint density at radius 2 is 1.38 bits per heavy atom. The molecule has 7 nitrogen and oxygen atoms in total. The molecule has 0 amide bonds. The van der Waals surface area contributed by atoms with Crippen molar-refractivity contribution in [2.45, 2.75) is 30.8 Å². The molecule has 0 fully saturated rings. The molecule has 0 spiro atoms. The number of alkyl halides is 3. The molecule has 0 aromatic heterocycles. The van der Waals surface area contributed by atoms with Crippen LogP contribution in [-0.2, 0) is 15.8 Å². The lowest BCUT2D eigenvalue weighted by molar-refractivity contribution is -0.0493. The first-order chi connectivity index (χ1) is 24.2. The third-order valence-corrected chi connectivity index (χ3v) is 8.75. The summed E-state index contributed by atoms with van der Waals surface area (Å²) < 4.78 is 79.3. The summed E-state index contributed by atoms with van der Waals surface area (Å²) >= 11 is 0. The van der Waals surface area contributed by atoms with Crippen LogP contribution in [-0.4, -0.2) is 39.6 Å². The number of hydrogen-bond acceptors (Lipinski definition) is 7. The smallest absolute Gasteiger partial charge is 0.387 e. The standard InChI is InChI=1S/C39H35F4N3O4/c1-38(31-23-28(17-22-32(31)40)44-33-11-7-8-12-34(33)50-36(42)43)35(41)24-49-37(45-38)46-39(25-9-5-4-6-10-25,26-13-18-29(47-2)19-14-26)27-15-20-30(48-3)21-16-27/h4-23,35-36,44H,24H2,1-3H3,(H,45,46)/t35-,38+/m0/s1. The second-order valence-electron chi connectivity index (χ2n) is 11.7. The summed E-state index contributed by atoms with van der Waals surface area (Å²) in [6.45, 7) is -1.99. The van der Waals surface area contributed by atoms with Gasteiger partial charge < -0.3 is 29.6 Å². The first-order valence-electron chi connectivity index (χ1n) is 15.8. The molecule has 1 aliphatic heterocycles. The Bertz CT molecular complexity index is 1890. The lowest BCUT2D eigenvalue weighted by Crippen LogP contribution is -2.53. The summed E-state index contributed by atoms with van der Waals surface area (Å²) in [5.74, 6) is 0.490. The van der Waals surface area contributed by atoms with Crippen LogP contribution >= 0.6 is 0 Å². The van der Waals surface area contributed by atoms with Gasteiger partial charge in [0.25, 0.3) is 6.02 Å². The zero-order chi connectivity index (χ0) is 35.3. The fourth-order valence-corrected chi connectivity index (χ4v) is 6.08. The van der Waals surface area contributed by atoms with Gasteiger partial charge >= 0.3 is 6.61 Å². The number of rotatable bonds is 11. The molecule has 6 rings (SSSR count). The van der Waals surface area contributed by atoms with Crippen molar-refractivity contribution in [1.82, 2.24) is 5.32 Å². The summed E-state index contributed by atoms with van der Waals surface area (Å²) in [4.78, 5) is 4.73. The van der Waals surface area contributed by atoms with Crippen molar-refractivity contribution < 1.29 is 36.5 Å². The number of methoxy groups -OCH3 is 2. The lowest BCUT2D eigenvalue weighted by atomic mass is 9.77. The predicted octanol–water partition coefficient (Wildman–Crippen LogP) is 8.71. The van der Waals surface area contributed by atoms with E-state index in [4.69, 9.17) is 19.2 Å². The zero-order valence-corrected chi connectivity index (χ0v) is 27.5. The summed E-state index contributed by atoms with van der Waals surface area (Å²) in [7, 11) is 3.17. The number of anilines is 2. The van der Waals surface area contributed by atoms with E-state index < -0.39 is 36.3 Å². The number of nitrogens with one attached hydrogen (secondary N) is 2. The van der Waals surface area contributed by atoms with Crippen LogP contribution in [0.3, 0.4) is 0 Å². The van der Waals surface area contributed by atoms with Gasteiger partial charge in [-0.25, -0.2) is 13.8 Å². The first-order valence-corrected chi connectivity index (χ1v) is 15.8. The first kappa shape index (κ1) is 34.2. The summed E-state index contributed by atoms with van der Waals surface area (Å²) in [5.41, 5.74) is -0.0536. The number of benzene rings is 5. The van der Waals surface area contributed by atoms with Crippen LogP contribution in [0.2, 0.25) is 0 Å². The highest BCUT2D eigenvalue weighted by Gasteiger charge is 2.45. The van der Waals surface area contributed by atoms with Crippen molar-refractivity contribution in [3.63, 3.8) is 0 Å². The molecule has 1 aliphatic rings. The van der Waals surface area contributed by atoms with E-state index in [2.05, 4.69) is 15.4 Å². The van der Waals surface area contributed by atoms with Crippen molar-refractivity contribution in [1.29, 1.82) is 0 Å². The molecule has 0 saturated carbocycles. The molecule has 2 atom stereocenters. The van der Waals surface area contributed by atoms with E-state index in [1.165, 1.54) is 37.3 Å². The van der Waals surface area contributed by atoms with Crippen LogP contribution in [0.1, 0.15) is 29.2 Å². The summed E-state index contributed by atoms with van der Waals surface area (Å²) in [6.07, 6.45) is -1.75. The van der Waals surface area contributed by atoms with Crippen molar-refractivity contribution in [2.24, 2.45) is 4.99 Å². The molecule has 0 radical (unpaired) electrons. The number of nitrogens with zero attached hydrogens (tertiary/aromatic N) is 1. The average molecular weight is 686 g/mol. The summed E-state index contributed by atoms with van der Waals surface area (Å²) in [5, 5.41) is 6.48. The number of hydrogen-bond donors (Lipinski definition) is 2. The van der Waals surface area contributed by atoms with E-state index >= 15 is 8.78 Å². The minimum atomic E-state index is -3.05. The number of amidine groups is 1. The Hall–Kier alpha value is -5.71. The van der Waals surface area contributed by atoms with Gasteiger partial charge in [0.15, 0.2) is 6.17 Å². The Balaban J connectivity index is 1.46. The Labute approximate surface area is 287 Å². The van der Waals surface area contributed by atoms with Crippen LogP contribution in [0.15, 0.2) is 126 Å². The van der Waals surface area contributed by atoms with Crippen LogP contribution in [0, 0.1) is 5.82 Å². The molecule has 5 aromatic rings. The van der Waals surface area contributed by atoms with E-state index in [0.717, 1.165) is 16.7 Å². The van der Waals surface area contributed by atoms with Gasteiger partial charge in [-0.3, -0.25) is 0 Å². The Kier molecular flexibility index (Phi) is 9.85. The lowest BCUT2D eigenvalue weighted by Gasteiger charge is -2.41. The van der Waals surface area contributed by atoms with Crippen LogP contribution in [0.4, 0.5) is 28.9 Å². The number of aliphatic imine (C=N–C) groups is 1. The topological polar surface area (TPSA) is 73.3 Å². The highest BCUT2D eigenvalue weighted by Crippen LogP contribution is 2.42. The molecule has 5 aromatic carbocycles. The minimum absolute atomic E-state index is 0.0228. The third-order valence-electron chi connectivity index (χ3n) is 8.75. The van der Waals surface area contributed by atoms with Crippen LogP contribution in [0.5, 0.6) is 17.2 Å². The second-order valence-corrected chi connectivity index (χ2v) is 11.7. The molecule has 1 heterocycles. The van der Waals surface area contributed by atoms with Gasteiger partial charge in [-0.05, 0) is 78.2 Å². The van der Waals surface area contributed by atoms with Crippen LogP contribution < -0.4 is 24.8 Å². The normalized spacial score (nSPS) is 17.4. The number of ether oxygens (including phenoxy) is 4. The molecule has 11 heteroatoms. The molecule has 50 heavy (non-hydrogen) atoms. The zero-order valence-electron chi connectivity index (χ0n) is 27.5. The minimum Gasteiger partial charge on any atom is -0.497 e. The number of halogens is 4. The third kappa shape index (κ3) is 6.76. The van der Waals surface area contributed by atoms with Crippen LogP contribution in [0.25, 0.3) is 0 Å². The second kappa shape index (κ2) is 14.4. The van der Waals surface area contributed by atoms with Gasteiger partial charge in [0.1, 0.15) is 40.8 Å². The van der Waals surface area contributed by atoms with E-state index in [0.29, 0.717) is 17.2 Å². The molecule has 0 aliphatic carbocycles. The average Bonchev–Trinajstić information content (AvgIpc) is 3.14. The molecular formula is C39H35F4N3O4. The van der Waals surface area contributed by atoms with Crippen molar-refractivity contribution in [2.75, 3.05) is 26.1 Å². The van der Waals surface area contributed by atoms with Gasteiger partial charge in [0, 0.05) is 11.3 Å². The highest BCUT2D eigenvalue weighted by molar-refractivity contribution is 5.79. The maximum absolute atomic E-state index is 16.0. The van der Waals surface area contributed by atoms with Gasteiger partial charge in [0.05, 0.1) is 19.9 Å². The van der Waals surface area contributed by atoms with Gasteiger partial charge in [-0.2, -0.15) is 8.78 Å². The van der Waals surface area contributed by atoms with Crippen molar-refractivity contribution >= 4 is 17.4 Å². The fourth-order valence-electron chi connectivity index (χ4n) is 6.08. The van der Waals surface area contributed by atoms with Crippen molar-refractivity contribution in [3.8, 4) is 17.2 Å². The van der Waals surface area contributed by atoms with Gasteiger partial charge in [-0.15, -0.1) is 0 Å². The predicted molar refractivity (Wildman–Crippen MR) is 184 cm³/mol. The molecule has 2 N–H and O–H groups in total. The highest BCUT2D eigenvalue weighted by atomic mass is 19.3.